The van der Waals surface area contributed by atoms with Crippen LogP contribution in [0, 0.1) is 0 Å². The molecule has 0 saturated carbocycles. The van der Waals surface area contributed by atoms with Gasteiger partial charge in [-0.05, 0) is 37.6 Å². The molecule has 16 heavy (non-hydrogen) atoms. The van der Waals surface area contributed by atoms with Gasteiger partial charge in [0.1, 0.15) is 0 Å². The molecular weight excluding hydrogens is 206 g/mol. The Labute approximate surface area is 94.2 Å². The SMILES string of the molecule is COc1cc(C(=O)C2CCCN2)ccc1O. The van der Waals surface area contributed by atoms with E-state index in [4.69, 9.17) is 4.74 Å². The van der Waals surface area contributed by atoms with Gasteiger partial charge in [0.25, 0.3) is 0 Å². The molecule has 4 heteroatoms. The standard InChI is InChI=1S/C12H15NO3/c1-16-11-7-8(4-5-10(11)14)12(15)9-3-2-6-13-9/h4-5,7,9,13-14H,2-3,6H2,1H3. The first-order valence-electron chi connectivity index (χ1n) is 5.37. The number of ether oxygens (including phenoxy) is 1. The van der Waals surface area contributed by atoms with Crippen molar-refractivity contribution in [3.8, 4) is 11.5 Å². The number of ketones is 1. The van der Waals surface area contributed by atoms with Gasteiger partial charge in [-0.2, -0.15) is 0 Å². The minimum absolute atomic E-state index is 0.0541. The van der Waals surface area contributed by atoms with Crippen LogP contribution < -0.4 is 10.1 Å². The first-order chi connectivity index (χ1) is 7.72. The van der Waals surface area contributed by atoms with E-state index in [1.165, 1.54) is 13.2 Å². The lowest BCUT2D eigenvalue weighted by Crippen LogP contribution is -2.30. The molecule has 0 radical (unpaired) electrons. The van der Waals surface area contributed by atoms with Crippen molar-refractivity contribution in [2.24, 2.45) is 0 Å². The van der Waals surface area contributed by atoms with Gasteiger partial charge in [-0.15, -0.1) is 0 Å². The van der Waals surface area contributed by atoms with Crippen LogP contribution in [-0.4, -0.2) is 30.6 Å². The van der Waals surface area contributed by atoms with Crippen LogP contribution in [0.2, 0.25) is 0 Å². The largest absolute Gasteiger partial charge is 0.504 e. The average molecular weight is 221 g/mol. The van der Waals surface area contributed by atoms with Crippen LogP contribution in [0.3, 0.4) is 0 Å². The number of methoxy groups -OCH3 is 1. The minimum Gasteiger partial charge on any atom is -0.504 e. The van der Waals surface area contributed by atoms with E-state index < -0.39 is 0 Å². The molecule has 1 aliphatic rings. The van der Waals surface area contributed by atoms with E-state index in [1.54, 1.807) is 12.1 Å². The number of aromatic hydroxyl groups is 1. The fourth-order valence-electron chi connectivity index (χ4n) is 1.94. The lowest BCUT2D eigenvalue weighted by Gasteiger charge is -2.10. The highest BCUT2D eigenvalue weighted by Gasteiger charge is 2.23. The van der Waals surface area contributed by atoms with Crippen molar-refractivity contribution in [1.82, 2.24) is 5.32 Å². The fraction of sp³-hybridized carbons (Fsp3) is 0.417. The molecule has 0 spiro atoms. The predicted octanol–water partition coefficient (Wildman–Crippen LogP) is 1.34. The van der Waals surface area contributed by atoms with Crippen LogP contribution in [0.4, 0.5) is 0 Å². The highest BCUT2D eigenvalue weighted by atomic mass is 16.5. The topological polar surface area (TPSA) is 58.6 Å². The molecule has 1 atom stereocenters. The molecule has 0 bridgehead atoms. The van der Waals surface area contributed by atoms with Crippen molar-refractivity contribution in [3.05, 3.63) is 23.8 Å². The molecule has 0 aromatic heterocycles. The summed E-state index contributed by atoms with van der Waals surface area (Å²) in [6.07, 6.45) is 1.91. The van der Waals surface area contributed by atoms with Gasteiger partial charge in [0.15, 0.2) is 17.3 Å². The van der Waals surface area contributed by atoms with Crippen LogP contribution in [0.25, 0.3) is 0 Å². The number of hydrogen-bond acceptors (Lipinski definition) is 4. The monoisotopic (exact) mass is 221 g/mol. The molecule has 4 nitrogen and oxygen atoms in total. The molecule has 1 aromatic rings. The number of Topliss-reactive ketones (excluding diaryl/α,β-unsaturated/α-hetero) is 1. The lowest BCUT2D eigenvalue weighted by atomic mass is 10.0. The predicted molar refractivity (Wildman–Crippen MR) is 60.0 cm³/mol. The van der Waals surface area contributed by atoms with Crippen LogP contribution in [0.1, 0.15) is 23.2 Å². The van der Waals surface area contributed by atoms with Crippen LogP contribution in [-0.2, 0) is 0 Å². The summed E-state index contributed by atoms with van der Waals surface area (Å²) < 4.78 is 4.98. The summed E-state index contributed by atoms with van der Waals surface area (Å²) in [5.74, 6) is 0.457. The van der Waals surface area contributed by atoms with Crippen molar-refractivity contribution in [1.29, 1.82) is 0 Å². The maximum Gasteiger partial charge on any atom is 0.179 e. The number of benzene rings is 1. The maximum atomic E-state index is 12.0. The van der Waals surface area contributed by atoms with Gasteiger partial charge in [-0.1, -0.05) is 0 Å². The van der Waals surface area contributed by atoms with Gasteiger partial charge >= 0.3 is 0 Å². The zero-order chi connectivity index (χ0) is 11.5. The molecule has 2 rings (SSSR count). The molecule has 1 aliphatic heterocycles. The van der Waals surface area contributed by atoms with E-state index in [2.05, 4.69) is 5.32 Å². The van der Waals surface area contributed by atoms with Gasteiger partial charge in [-0.25, -0.2) is 0 Å². The number of rotatable bonds is 3. The van der Waals surface area contributed by atoms with E-state index in [0.29, 0.717) is 11.3 Å². The Morgan fingerprint density at radius 3 is 3.00 bits per heavy atom. The van der Waals surface area contributed by atoms with Crippen molar-refractivity contribution in [2.75, 3.05) is 13.7 Å². The third-order valence-electron chi connectivity index (χ3n) is 2.84. The summed E-state index contributed by atoms with van der Waals surface area (Å²) >= 11 is 0. The number of carbonyl (C=O) groups excluding carboxylic acids is 1. The Hall–Kier alpha value is -1.55. The Kier molecular flexibility index (Phi) is 3.10. The first-order valence-corrected chi connectivity index (χ1v) is 5.37. The number of phenols is 1. The third-order valence-corrected chi connectivity index (χ3v) is 2.84. The zero-order valence-corrected chi connectivity index (χ0v) is 9.19. The number of hydrogen-bond donors (Lipinski definition) is 2. The zero-order valence-electron chi connectivity index (χ0n) is 9.19. The molecule has 0 aliphatic carbocycles. The Balaban J connectivity index is 2.22. The van der Waals surface area contributed by atoms with E-state index in [-0.39, 0.29) is 17.6 Å². The third kappa shape index (κ3) is 2.02. The lowest BCUT2D eigenvalue weighted by molar-refractivity contribution is 0.0952. The van der Waals surface area contributed by atoms with Gasteiger partial charge in [0.2, 0.25) is 0 Å². The van der Waals surface area contributed by atoms with Crippen molar-refractivity contribution >= 4 is 5.78 Å². The Morgan fingerprint density at radius 2 is 2.38 bits per heavy atom. The minimum atomic E-state index is -0.0887. The average Bonchev–Trinajstić information content (AvgIpc) is 2.82. The molecule has 1 heterocycles. The highest BCUT2D eigenvalue weighted by molar-refractivity contribution is 6.00. The Bertz CT molecular complexity index is 397. The quantitative estimate of drug-likeness (QED) is 0.756. The normalized spacial score (nSPS) is 19.7. The fourth-order valence-corrected chi connectivity index (χ4v) is 1.94. The molecule has 86 valence electrons. The van der Waals surface area contributed by atoms with Crippen LogP contribution in [0.15, 0.2) is 18.2 Å². The van der Waals surface area contributed by atoms with E-state index in [1.807, 2.05) is 0 Å². The second-order valence-electron chi connectivity index (χ2n) is 3.90. The van der Waals surface area contributed by atoms with Gasteiger partial charge < -0.3 is 15.2 Å². The summed E-state index contributed by atoms with van der Waals surface area (Å²) in [5, 5.41) is 12.6. The first kappa shape index (κ1) is 11.0. The highest BCUT2D eigenvalue weighted by Crippen LogP contribution is 2.27. The van der Waals surface area contributed by atoms with Crippen molar-refractivity contribution < 1.29 is 14.6 Å². The molecule has 2 N–H and O–H groups in total. The maximum absolute atomic E-state index is 12.0. The molecule has 1 aromatic carbocycles. The van der Waals surface area contributed by atoms with Crippen LogP contribution in [0.5, 0.6) is 11.5 Å². The van der Waals surface area contributed by atoms with Crippen LogP contribution >= 0.6 is 0 Å². The van der Waals surface area contributed by atoms with Gasteiger partial charge in [0.05, 0.1) is 13.2 Å². The molecular formula is C12H15NO3. The molecule has 1 saturated heterocycles. The molecule has 1 fully saturated rings. The summed E-state index contributed by atoms with van der Waals surface area (Å²) in [6, 6.07) is 4.60. The number of carbonyl (C=O) groups is 1. The Morgan fingerprint density at radius 1 is 1.56 bits per heavy atom. The van der Waals surface area contributed by atoms with E-state index in [0.717, 1.165) is 19.4 Å². The second-order valence-corrected chi connectivity index (χ2v) is 3.90. The second kappa shape index (κ2) is 4.53. The summed E-state index contributed by atoms with van der Waals surface area (Å²) in [4.78, 5) is 12.0. The van der Waals surface area contributed by atoms with Gasteiger partial charge in [0, 0.05) is 5.56 Å². The van der Waals surface area contributed by atoms with Crippen molar-refractivity contribution in [2.45, 2.75) is 18.9 Å². The molecule has 1 unspecified atom stereocenters. The van der Waals surface area contributed by atoms with E-state index >= 15 is 0 Å². The molecule has 0 amide bonds. The van der Waals surface area contributed by atoms with Gasteiger partial charge in [-0.3, -0.25) is 4.79 Å². The summed E-state index contributed by atoms with van der Waals surface area (Å²) in [7, 11) is 1.47. The van der Waals surface area contributed by atoms with E-state index in [9.17, 15) is 9.90 Å². The van der Waals surface area contributed by atoms with Crippen molar-refractivity contribution in [3.63, 3.8) is 0 Å². The number of phenolic OH excluding ortho intramolecular Hbond substituents is 1. The number of nitrogens with one attached hydrogen (secondary N) is 1. The summed E-state index contributed by atoms with van der Waals surface area (Å²) in [6.45, 7) is 0.894. The summed E-state index contributed by atoms with van der Waals surface area (Å²) in [5.41, 5.74) is 0.578. The smallest absolute Gasteiger partial charge is 0.179 e.